The second-order valence-corrected chi connectivity index (χ2v) is 5.25. The van der Waals surface area contributed by atoms with Crippen molar-refractivity contribution in [2.24, 2.45) is 5.92 Å². The van der Waals surface area contributed by atoms with Crippen LogP contribution < -0.4 is 5.32 Å². The molecular weight excluding hydrogens is 196 g/mol. The number of rotatable bonds is 5. The Bertz CT molecular complexity index is 229. The molecule has 16 heavy (non-hydrogen) atoms. The number of piperazine rings is 1. The maximum atomic E-state index is 5.36. The molecule has 0 saturated carbocycles. The molecule has 1 saturated heterocycles. The van der Waals surface area contributed by atoms with Crippen molar-refractivity contribution < 1.29 is 0 Å². The van der Waals surface area contributed by atoms with E-state index < -0.39 is 0 Å². The van der Waals surface area contributed by atoms with Crippen LogP contribution in [-0.4, -0.2) is 36.6 Å². The van der Waals surface area contributed by atoms with E-state index in [1.54, 1.807) is 0 Å². The summed E-state index contributed by atoms with van der Waals surface area (Å²) in [7, 11) is 0. The normalized spacial score (nSPS) is 26.9. The van der Waals surface area contributed by atoms with Crippen molar-refractivity contribution in [2.75, 3.05) is 19.6 Å². The van der Waals surface area contributed by atoms with Crippen molar-refractivity contribution in [3.63, 3.8) is 0 Å². The third-order valence-electron chi connectivity index (χ3n) is 3.38. The Labute approximate surface area is 101 Å². The van der Waals surface area contributed by atoms with Gasteiger partial charge in [-0.1, -0.05) is 20.8 Å². The maximum absolute atomic E-state index is 5.36. The van der Waals surface area contributed by atoms with E-state index in [0.717, 1.165) is 25.4 Å². The lowest BCUT2D eigenvalue weighted by molar-refractivity contribution is 0.121. The molecule has 0 amide bonds. The Morgan fingerprint density at radius 3 is 2.81 bits per heavy atom. The van der Waals surface area contributed by atoms with Crippen LogP contribution in [0.2, 0.25) is 0 Å². The molecule has 1 fully saturated rings. The highest BCUT2D eigenvalue weighted by atomic mass is 15.2. The molecule has 1 rings (SSSR count). The van der Waals surface area contributed by atoms with E-state index in [4.69, 9.17) is 6.42 Å². The third kappa shape index (κ3) is 4.15. The van der Waals surface area contributed by atoms with Gasteiger partial charge in [-0.3, -0.25) is 4.90 Å². The highest BCUT2D eigenvalue weighted by Gasteiger charge is 2.26. The topological polar surface area (TPSA) is 15.3 Å². The minimum absolute atomic E-state index is 0.653. The summed E-state index contributed by atoms with van der Waals surface area (Å²) in [5.74, 6) is 3.52. The molecule has 0 aromatic rings. The van der Waals surface area contributed by atoms with Crippen LogP contribution in [0, 0.1) is 18.3 Å². The summed E-state index contributed by atoms with van der Waals surface area (Å²) < 4.78 is 0. The van der Waals surface area contributed by atoms with Crippen molar-refractivity contribution >= 4 is 0 Å². The lowest BCUT2D eigenvalue weighted by Crippen LogP contribution is -2.56. The zero-order valence-corrected chi connectivity index (χ0v) is 11.0. The average Bonchev–Trinajstić information content (AvgIpc) is 2.25. The first-order valence-corrected chi connectivity index (χ1v) is 6.58. The van der Waals surface area contributed by atoms with Gasteiger partial charge in [0.15, 0.2) is 0 Å². The van der Waals surface area contributed by atoms with Crippen LogP contribution >= 0.6 is 0 Å². The van der Waals surface area contributed by atoms with Crippen molar-refractivity contribution in [3.8, 4) is 12.3 Å². The van der Waals surface area contributed by atoms with Crippen LogP contribution in [-0.2, 0) is 0 Å². The number of nitrogens with one attached hydrogen (secondary N) is 1. The summed E-state index contributed by atoms with van der Waals surface area (Å²) in [6.45, 7) is 10.2. The number of hydrogen-bond donors (Lipinski definition) is 1. The Morgan fingerprint density at radius 1 is 1.50 bits per heavy atom. The van der Waals surface area contributed by atoms with E-state index in [2.05, 4.69) is 36.9 Å². The molecule has 2 nitrogen and oxygen atoms in total. The largest absolute Gasteiger partial charge is 0.311 e. The van der Waals surface area contributed by atoms with Gasteiger partial charge in [-0.2, -0.15) is 0 Å². The summed E-state index contributed by atoms with van der Waals surface area (Å²) in [5, 5.41) is 3.66. The van der Waals surface area contributed by atoms with Crippen LogP contribution in [0.1, 0.15) is 40.0 Å². The summed E-state index contributed by atoms with van der Waals surface area (Å²) in [4.78, 5) is 2.57. The molecular formula is C14H26N2. The second kappa shape index (κ2) is 6.93. The average molecular weight is 222 g/mol. The van der Waals surface area contributed by atoms with E-state index in [1.807, 2.05) is 0 Å². The molecule has 0 bridgehead atoms. The zero-order valence-electron chi connectivity index (χ0n) is 11.0. The van der Waals surface area contributed by atoms with Gasteiger partial charge < -0.3 is 5.32 Å². The zero-order chi connectivity index (χ0) is 12.0. The first-order valence-electron chi connectivity index (χ1n) is 6.58. The Morgan fingerprint density at radius 2 is 2.25 bits per heavy atom. The van der Waals surface area contributed by atoms with Crippen molar-refractivity contribution in [1.82, 2.24) is 10.2 Å². The van der Waals surface area contributed by atoms with Crippen LogP contribution in [0.4, 0.5) is 0 Å². The van der Waals surface area contributed by atoms with E-state index in [-0.39, 0.29) is 0 Å². The Hall–Kier alpha value is -0.520. The molecule has 0 aliphatic carbocycles. The minimum atomic E-state index is 0.653. The molecule has 0 aromatic heterocycles. The summed E-state index contributed by atoms with van der Waals surface area (Å²) in [6.07, 6.45) is 8.72. The van der Waals surface area contributed by atoms with Gasteiger partial charge in [0, 0.05) is 38.1 Å². The van der Waals surface area contributed by atoms with Gasteiger partial charge in [-0.25, -0.2) is 0 Å². The fourth-order valence-corrected chi connectivity index (χ4v) is 2.54. The van der Waals surface area contributed by atoms with Gasteiger partial charge in [0.25, 0.3) is 0 Å². The van der Waals surface area contributed by atoms with Gasteiger partial charge >= 0.3 is 0 Å². The number of hydrogen-bond acceptors (Lipinski definition) is 2. The first-order chi connectivity index (χ1) is 7.67. The molecule has 0 radical (unpaired) electrons. The molecule has 1 heterocycles. The van der Waals surface area contributed by atoms with Crippen molar-refractivity contribution in [1.29, 1.82) is 0 Å². The molecule has 1 aliphatic rings. The van der Waals surface area contributed by atoms with Crippen LogP contribution in [0.25, 0.3) is 0 Å². The molecule has 1 N–H and O–H groups in total. The smallest absolute Gasteiger partial charge is 0.0219 e. The summed E-state index contributed by atoms with van der Waals surface area (Å²) in [6, 6.07) is 1.33. The molecule has 92 valence electrons. The predicted molar refractivity (Wildman–Crippen MR) is 70.3 cm³/mol. The minimum Gasteiger partial charge on any atom is -0.311 e. The van der Waals surface area contributed by atoms with Gasteiger partial charge in [0.05, 0.1) is 0 Å². The number of nitrogens with zero attached hydrogens (tertiary/aromatic N) is 1. The molecule has 2 heteroatoms. The molecule has 1 aliphatic heterocycles. The van der Waals surface area contributed by atoms with E-state index in [1.165, 1.54) is 19.4 Å². The van der Waals surface area contributed by atoms with Crippen molar-refractivity contribution in [2.45, 2.75) is 52.1 Å². The molecule has 2 unspecified atom stereocenters. The fraction of sp³-hybridized carbons (Fsp3) is 0.857. The van der Waals surface area contributed by atoms with Gasteiger partial charge in [0.2, 0.25) is 0 Å². The third-order valence-corrected chi connectivity index (χ3v) is 3.38. The van der Waals surface area contributed by atoms with Crippen LogP contribution in [0.3, 0.4) is 0 Å². The summed E-state index contributed by atoms with van der Waals surface area (Å²) in [5.41, 5.74) is 0. The standard InChI is InChI=1S/C14H26N2/c1-5-7-8-16-11-13(9-12(3)4)15-10-14(16)6-2/h1,12-15H,6-11H2,2-4H3. The predicted octanol–water partition coefficient (Wildman–Crippen LogP) is 2.11. The lowest BCUT2D eigenvalue weighted by Gasteiger charge is -2.40. The Balaban J connectivity index is 2.45. The van der Waals surface area contributed by atoms with E-state index in [9.17, 15) is 0 Å². The second-order valence-electron chi connectivity index (χ2n) is 5.25. The highest BCUT2D eigenvalue weighted by Crippen LogP contribution is 2.15. The molecule has 0 spiro atoms. The van der Waals surface area contributed by atoms with Gasteiger partial charge in [-0.05, 0) is 18.8 Å². The maximum Gasteiger partial charge on any atom is 0.0219 e. The fourth-order valence-electron chi connectivity index (χ4n) is 2.54. The van der Waals surface area contributed by atoms with Crippen molar-refractivity contribution in [3.05, 3.63) is 0 Å². The SMILES string of the molecule is C#CCCN1CC(CC(C)C)NCC1CC. The van der Waals surface area contributed by atoms with Gasteiger partial charge in [-0.15, -0.1) is 12.3 Å². The Kier molecular flexibility index (Phi) is 5.87. The molecule has 2 atom stereocenters. The first kappa shape index (κ1) is 13.5. The highest BCUT2D eigenvalue weighted by molar-refractivity contribution is 4.90. The van der Waals surface area contributed by atoms with Crippen LogP contribution in [0.5, 0.6) is 0 Å². The van der Waals surface area contributed by atoms with Gasteiger partial charge in [0.1, 0.15) is 0 Å². The monoisotopic (exact) mass is 222 g/mol. The lowest BCUT2D eigenvalue weighted by atomic mass is 9.99. The van der Waals surface area contributed by atoms with Crippen LogP contribution in [0.15, 0.2) is 0 Å². The van der Waals surface area contributed by atoms with E-state index >= 15 is 0 Å². The van der Waals surface area contributed by atoms with E-state index in [0.29, 0.717) is 12.1 Å². The summed E-state index contributed by atoms with van der Waals surface area (Å²) >= 11 is 0. The quantitative estimate of drug-likeness (QED) is 0.717. The molecule has 0 aromatic carbocycles. The number of terminal acetylenes is 1.